The molecule has 6 aromatic heterocycles. The van der Waals surface area contributed by atoms with E-state index >= 15 is 0 Å². The van der Waals surface area contributed by atoms with Crippen molar-refractivity contribution < 1.29 is 9.53 Å². The number of hydrogen-bond donors (Lipinski definition) is 3. The van der Waals surface area contributed by atoms with Crippen LogP contribution in [0.2, 0.25) is 4.34 Å². The Labute approximate surface area is 230 Å². The minimum absolute atomic E-state index is 0.158. The molecule has 10 nitrogen and oxygen atoms in total. The number of hydrogen-bond acceptors (Lipinski definition) is 9. The van der Waals surface area contributed by atoms with E-state index in [-0.39, 0.29) is 23.3 Å². The molecule has 3 N–H and O–H groups in total. The van der Waals surface area contributed by atoms with Gasteiger partial charge in [0.05, 0.1) is 21.6 Å². The number of fused-ring (bicyclic) bond motifs is 2. The van der Waals surface area contributed by atoms with E-state index in [4.69, 9.17) is 16.3 Å². The second-order valence-corrected chi connectivity index (χ2v) is 10.9. The van der Waals surface area contributed by atoms with Crippen LogP contribution in [0.5, 0.6) is 5.75 Å². The first-order valence-corrected chi connectivity index (χ1v) is 13.7. The summed E-state index contributed by atoms with van der Waals surface area (Å²) in [6.45, 7) is 1.88. The maximum absolute atomic E-state index is 13.3. The van der Waals surface area contributed by atoms with Gasteiger partial charge in [0.1, 0.15) is 28.8 Å². The van der Waals surface area contributed by atoms with Gasteiger partial charge in [0, 0.05) is 16.6 Å². The van der Waals surface area contributed by atoms with Crippen molar-refractivity contribution >= 4 is 50.9 Å². The fourth-order valence-corrected chi connectivity index (χ4v) is 5.77. The second-order valence-electron chi connectivity index (χ2n) is 9.19. The van der Waals surface area contributed by atoms with E-state index < -0.39 is 0 Å². The minimum Gasteiger partial charge on any atom is -0.489 e. The standard InChI is InChI=1S/C27H21ClN8O2S/c28-21-6-5-20(39-21)16-9-12-30-26-22(16)33-27(34-26)24-23-17(35-36-24)3-4-19(32-23)25(37)18-2-1-15(13-31-18)38-14-7-10-29-11-8-14/h1-6,9,12-14,29H,7-8,10-11H2,(H,35,36)(H,30,33,34). The van der Waals surface area contributed by atoms with Crippen LogP contribution in [0.15, 0.2) is 54.9 Å². The molecular weight excluding hydrogens is 536 g/mol. The van der Waals surface area contributed by atoms with Gasteiger partial charge in [-0.05, 0) is 68.4 Å². The van der Waals surface area contributed by atoms with Gasteiger partial charge in [-0.3, -0.25) is 9.89 Å². The minimum atomic E-state index is -0.291. The Balaban J connectivity index is 1.19. The van der Waals surface area contributed by atoms with Gasteiger partial charge in [-0.15, -0.1) is 11.3 Å². The predicted octanol–water partition coefficient (Wildman–Crippen LogP) is 5.03. The molecule has 1 aliphatic heterocycles. The third kappa shape index (κ3) is 4.54. The van der Waals surface area contributed by atoms with Crippen LogP contribution >= 0.6 is 22.9 Å². The number of pyridine rings is 3. The molecule has 39 heavy (non-hydrogen) atoms. The first-order valence-electron chi connectivity index (χ1n) is 12.5. The number of H-pyrrole nitrogens is 2. The Morgan fingerprint density at radius 3 is 2.67 bits per heavy atom. The van der Waals surface area contributed by atoms with Crippen molar-refractivity contribution in [2.24, 2.45) is 0 Å². The Morgan fingerprint density at radius 2 is 1.87 bits per heavy atom. The molecule has 0 saturated carbocycles. The first kappa shape index (κ1) is 23.9. The van der Waals surface area contributed by atoms with E-state index in [2.05, 4.69) is 40.4 Å². The van der Waals surface area contributed by atoms with Crippen molar-refractivity contribution in [1.82, 2.24) is 40.4 Å². The average Bonchev–Trinajstić information content (AvgIpc) is 3.71. The molecule has 0 radical (unpaired) electrons. The van der Waals surface area contributed by atoms with Crippen molar-refractivity contribution in [3.8, 4) is 27.7 Å². The highest BCUT2D eigenvalue weighted by molar-refractivity contribution is 7.19. The third-order valence-corrected chi connectivity index (χ3v) is 7.92. The molecule has 0 aliphatic carbocycles. The highest BCUT2D eigenvalue weighted by Crippen LogP contribution is 2.35. The monoisotopic (exact) mass is 556 g/mol. The molecule has 12 heteroatoms. The number of aromatic amines is 2. The second kappa shape index (κ2) is 9.84. The Morgan fingerprint density at radius 1 is 1.00 bits per heavy atom. The van der Waals surface area contributed by atoms with Crippen molar-refractivity contribution in [1.29, 1.82) is 0 Å². The number of aromatic nitrogens is 7. The van der Waals surface area contributed by atoms with E-state index in [0.717, 1.165) is 41.9 Å². The molecule has 0 aromatic carbocycles. The zero-order chi connectivity index (χ0) is 26.3. The summed E-state index contributed by atoms with van der Waals surface area (Å²) in [5.74, 6) is 0.857. The smallest absolute Gasteiger partial charge is 0.229 e. The van der Waals surface area contributed by atoms with E-state index in [0.29, 0.717) is 38.3 Å². The molecule has 1 saturated heterocycles. The van der Waals surface area contributed by atoms with Gasteiger partial charge in [-0.25, -0.2) is 19.9 Å². The summed E-state index contributed by atoms with van der Waals surface area (Å²) in [5.41, 5.74) is 4.50. The van der Waals surface area contributed by atoms with Crippen LogP contribution in [0, 0.1) is 0 Å². The van der Waals surface area contributed by atoms with Crippen molar-refractivity contribution in [2.45, 2.75) is 18.9 Å². The molecule has 194 valence electrons. The van der Waals surface area contributed by atoms with Crippen molar-refractivity contribution in [3.63, 3.8) is 0 Å². The largest absolute Gasteiger partial charge is 0.489 e. The number of ether oxygens (including phenoxy) is 1. The maximum Gasteiger partial charge on any atom is 0.229 e. The summed E-state index contributed by atoms with van der Waals surface area (Å²) >= 11 is 7.64. The first-order chi connectivity index (χ1) is 19.1. The highest BCUT2D eigenvalue weighted by atomic mass is 35.5. The van der Waals surface area contributed by atoms with Gasteiger partial charge >= 0.3 is 0 Å². The van der Waals surface area contributed by atoms with Gasteiger partial charge < -0.3 is 15.0 Å². The quantitative estimate of drug-likeness (QED) is 0.243. The van der Waals surface area contributed by atoms with Gasteiger partial charge in [-0.2, -0.15) is 5.10 Å². The molecular formula is C27H21ClN8O2S. The molecule has 6 aromatic rings. The summed E-state index contributed by atoms with van der Waals surface area (Å²) in [6.07, 6.45) is 5.36. The molecule has 0 unspecified atom stereocenters. The molecule has 1 aliphatic rings. The van der Waals surface area contributed by atoms with E-state index in [1.54, 1.807) is 36.7 Å². The zero-order valence-electron chi connectivity index (χ0n) is 20.4. The number of ketones is 1. The zero-order valence-corrected chi connectivity index (χ0v) is 22.0. The van der Waals surface area contributed by atoms with Crippen LogP contribution in [0.25, 0.3) is 44.2 Å². The topological polar surface area (TPSA) is 134 Å². The molecule has 0 amide bonds. The molecule has 1 fully saturated rings. The summed E-state index contributed by atoms with van der Waals surface area (Å²) < 4.78 is 6.71. The summed E-state index contributed by atoms with van der Waals surface area (Å²) in [4.78, 5) is 35.7. The lowest BCUT2D eigenvalue weighted by Crippen LogP contribution is -2.34. The van der Waals surface area contributed by atoms with E-state index in [1.165, 1.54) is 11.3 Å². The number of halogens is 1. The normalized spacial score (nSPS) is 14.3. The van der Waals surface area contributed by atoms with Crippen molar-refractivity contribution in [2.75, 3.05) is 13.1 Å². The fourth-order valence-electron chi connectivity index (χ4n) is 4.70. The number of rotatable bonds is 6. The number of nitrogens with zero attached hydrogens (tertiary/aromatic N) is 5. The van der Waals surface area contributed by atoms with Crippen LogP contribution in [0.4, 0.5) is 0 Å². The predicted molar refractivity (Wildman–Crippen MR) is 149 cm³/mol. The number of imidazole rings is 1. The van der Waals surface area contributed by atoms with Crippen LogP contribution in [-0.4, -0.2) is 60.1 Å². The van der Waals surface area contributed by atoms with Crippen LogP contribution in [0.3, 0.4) is 0 Å². The number of thiophene rings is 1. The maximum atomic E-state index is 13.3. The molecule has 0 bridgehead atoms. The summed E-state index contributed by atoms with van der Waals surface area (Å²) in [6, 6.07) is 12.6. The number of carbonyl (C=O) groups is 1. The van der Waals surface area contributed by atoms with E-state index in [1.807, 2.05) is 18.2 Å². The Hall–Kier alpha value is -4.19. The Kier molecular flexibility index (Phi) is 6.03. The van der Waals surface area contributed by atoms with Gasteiger partial charge in [0.15, 0.2) is 17.2 Å². The lowest BCUT2D eigenvalue weighted by atomic mass is 10.1. The molecule has 7 rings (SSSR count). The molecule has 0 atom stereocenters. The number of nitrogens with one attached hydrogen (secondary N) is 3. The molecule has 0 spiro atoms. The third-order valence-electron chi connectivity index (χ3n) is 6.65. The lowest BCUT2D eigenvalue weighted by Gasteiger charge is -2.23. The fraction of sp³-hybridized carbons (Fsp3) is 0.185. The number of carbonyl (C=O) groups excluding carboxylic acids is 1. The van der Waals surface area contributed by atoms with Crippen LogP contribution < -0.4 is 10.1 Å². The van der Waals surface area contributed by atoms with Crippen LogP contribution in [-0.2, 0) is 0 Å². The average molecular weight is 557 g/mol. The van der Waals surface area contributed by atoms with E-state index in [9.17, 15) is 4.79 Å². The Bertz CT molecular complexity index is 1820. The van der Waals surface area contributed by atoms with Gasteiger partial charge in [0.25, 0.3) is 0 Å². The van der Waals surface area contributed by atoms with Crippen LogP contribution in [0.1, 0.15) is 29.0 Å². The number of piperidine rings is 1. The van der Waals surface area contributed by atoms with Gasteiger partial charge in [-0.1, -0.05) is 11.6 Å². The van der Waals surface area contributed by atoms with Crippen molar-refractivity contribution in [3.05, 3.63) is 70.6 Å². The molecule has 7 heterocycles. The lowest BCUT2D eigenvalue weighted by molar-refractivity contribution is 0.103. The highest BCUT2D eigenvalue weighted by Gasteiger charge is 2.20. The summed E-state index contributed by atoms with van der Waals surface area (Å²) in [5, 5.41) is 10.7. The van der Waals surface area contributed by atoms with Gasteiger partial charge in [0.2, 0.25) is 5.78 Å². The summed E-state index contributed by atoms with van der Waals surface area (Å²) in [7, 11) is 0. The SMILES string of the molecule is O=C(c1ccc(OC2CCNCC2)cn1)c1ccc2[nH]nc(-c3nc4nccc(-c5ccc(Cl)s5)c4[nH]3)c2n1.